The Labute approximate surface area is 180 Å². The van der Waals surface area contributed by atoms with Crippen LogP contribution in [-0.4, -0.2) is 58.6 Å². The third kappa shape index (κ3) is 4.87. The van der Waals surface area contributed by atoms with Crippen molar-refractivity contribution in [2.24, 2.45) is 5.41 Å². The summed E-state index contributed by atoms with van der Waals surface area (Å²) in [5, 5.41) is 7.12. The molecule has 11 heteroatoms. The number of aromatic nitrogens is 1. The van der Waals surface area contributed by atoms with Gasteiger partial charge in [-0.05, 0) is 49.2 Å². The standard InChI is InChI=1S/C19H18FN3O2.C2HF3O2/c20-15-5-3-14(4-6-15)17(24)22-10-7-19(13-22)8-11-23(18(19)25)16-2-1-9-21-12-16;3-2(4,5)1(6)7/h1-6,9,12H,7-8,10-11,13H2;(H,6,7). The number of aliphatic carboxylic acids is 1. The number of likely N-dealkylation sites (tertiary alicyclic amines) is 1. The van der Waals surface area contributed by atoms with Gasteiger partial charge in [-0.15, -0.1) is 0 Å². The number of carbonyl (C=O) groups excluding carboxylic acids is 2. The van der Waals surface area contributed by atoms with Crippen LogP contribution < -0.4 is 4.90 Å². The van der Waals surface area contributed by atoms with Crippen LogP contribution in [0.15, 0.2) is 48.8 Å². The molecule has 1 aromatic heterocycles. The van der Waals surface area contributed by atoms with Gasteiger partial charge in [0.05, 0.1) is 17.3 Å². The van der Waals surface area contributed by atoms with Crippen molar-refractivity contribution in [1.82, 2.24) is 9.88 Å². The molecule has 2 fully saturated rings. The number of carboxylic acid groups (broad SMARTS) is 1. The van der Waals surface area contributed by atoms with Crippen LogP contribution in [0, 0.1) is 11.2 Å². The first-order valence-corrected chi connectivity index (χ1v) is 9.60. The van der Waals surface area contributed by atoms with Crippen LogP contribution in [0.25, 0.3) is 0 Å². The molecule has 2 saturated heterocycles. The van der Waals surface area contributed by atoms with E-state index in [2.05, 4.69) is 4.98 Å². The van der Waals surface area contributed by atoms with Crippen LogP contribution in [0.4, 0.5) is 23.2 Å². The number of amides is 2. The van der Waals surface area contributed by atoms with E-state index >= 15 is 0 Å². The Bertz CT molecular complexity index is 998. The summed E-state index contributed by atoms with van der Waals surface area (Å²) in [4.78, 5) is 42.1. The number of alkyl halides is 3. The average molecular weight is 453 g/mol. The maximum absolute atomic E-state index is 13.0. The molecule has 7 nitrogen and oxygen atoms in total. The van der Waals surface area contributed by atoms with Gasteiger partial charge in [-0.1, -0.05) is 0 Å². The summed E-state index contributed by atoms with van der Waals surface area (Å²) >= 11 is 0. The van der Waals surface area contributed by atoms with Gasteiger partial charge in [0.1, 0.15) is 5.82 Å². The molecule has 1 unspecified atom stereocenters. The van der Waals surface area contributed by atoms with E-state index < -0.39 is 17.6 Å². The number of carbonyl (C=O) groups is 3. The SMILES string of the molecule is O=C(O)C(F)(F)F.O=C(c1ccc(F)cc1)N1CCC2(CCN(c3cccnc3)C2=O)C1. The second kappa shape index (κ2) is 8.93. The number of nitrogens with zero attached hydrogens (tertiary/aromatic N) is 3. The fraction of sp³-hybridized carbons (Fsp3) is 0.333. The molecule has 1 spiro atoms. The molecule has 0 aliphatic carbocycles. The first-order valence-electron chi connectivity index (χ1n) is 9.60. The molecule has 3 heterocycles. The Morgan fingerprint density at radius 2 is 1.69 bits per heavy atom. The highest BCUT2D eigenvalue weighted by Gasteiger charge is 2.52. The van der Waals surface area contributed by atoms with Crippen LogP contribution in [0.3, 0.4) is 0 Å². The minimum absolute atomic E-state index is 0.0647. The average Bonchev–Trinajstić information content (AvgIpc) is 3.33. The van der Waals surface area contributed by atoms with Crippen LogP contribution in [0.1, 0.15) is 23.2 Å². The van der Waals surface area contributed by atoms with E-state index in [9.17, 15) is 27.2 Å². The van der Waals surface area contributed by atoms with Gasteiger partial charge in [-0.3, -0.25) is 14.6 Å². The molecule has 1 aromatic carbocycles. The van der Waals surface area contributed by atoms with E-state index in [1.54, 1.807) is 22.2 Å². The summed E-state index contributed by atoms with van der Waals surface area (Å²) in [7, 11) is 0. The number of pyridine rings is 1. The van der Waals surface area contributed by atoms with Crippen molar-refractivity contribution in [3.8, 4) is 0 Å². The third-order valence-electron chi connectivity index (χ3n) is 5.45. The van der Waals surface area contributed by atoms with Gasteiger partial charge < -0.3 is 14.9 Å². The predicted octanol–water partition coefficient (Wildman–Crippen LogP) is 3.12. The number of benzene rings is 1. The van der Waals surface area contributed by atoms with Crippen molar-refractivity contribution in [2.45, 2.75) is 19.0 Å². The van der Waals surface area contributed by atoms with Crippen LogP contribution >= 0.6 is 0 Å². The number of hydrogen-bond acceptors (Lipinski definition) is 4. The molecule has 32 heavy (non-hydrogen) atoms. The molecule has 2 aliphatic heterocycles. The second-order valence-corrected chi connectivity index (χ2v) is 7.48. The van der Waals surface area contributed by atoms with E-state index in [0.717, 1.165) is 12.1 Å². The van der Waals surface area contributed by atoms with Crippen molar-refractivity contribution in [3.05, 3.63) is 60.2 Å². The zero-order valence-corrected chi connectivity index (χ0v) is 16.7. The van der Waals surface area contributed by atoms with E-state index in [-0.39, 0.29) is 17.6 Å². The van der Waals surface area contributed by atoms with Crippen molar-refractivity contribution < 1.29 is 37.1 Å². The number of hydrogen-bond donors (Lipinski definition) is 1. The molecule has 1 atom stereocenters. The number of anilines is 1. The summed E-state index contributed by atoms with van der Waals surface area (Å²) in [5.41, 5.74) is 0.742. The lowest BCUT2D eigenvalue weighted by molar-refractivity contribution is -0.192. The lowest BCUT2D eigenvalue weighted by Crippen LogP contribution is -2.38. The highest BCUT2D eigenvalue weighted by molar-refractivity contribution is 6.01. The fourth-order valence-corrected chi connectivity index (χ4v) is 3.78. The lowest BCUT2D eigenvalue weighted by atomic mass is 9.85. The van der Waals surface area contributed by atoms with E-state index in [0.29, 0.717) is 31.6 Å². The van der Waals surface area contributed by atoms with Gasteiger partial charge >= 0.3 is 12.1 Å². The first kappa shape index (κ1) is 23.2. The van der Waals surface area contributed by atoms with Gasteiger partial charge in [-0.2, -0.15) is 13.2 Å². The van der Waals surface area contributed by atoms with Crippen molar-refractivity contribution >= 4 is 23.5 Å². The topological polar surface area (TPSA) is 90.8 Å². The maximum atomic E-state index is 13.0. The van der Waals surface area contributed by atoms with Crippen molar-refractivity contribution in [3.63, 3.8) is 0 Å². The fourth-order valence-electron chi connectivity index (χ4n) is 3.78. The Hall–Kier alpha value is -3.50. The van der Waals surface area contributed by atoms with Crippen LogP contribution in [0.5, 0.6) is 0 Å². The molecule has 4 rings (SSSR count). The van der Waals surface area contributed by atoms with Crippen molar-refractivity contribution in [2.75, 3.05) is 24.5 Å². The van der Waals surface area contributed by atoms with Crippen LogP contribution in [-0.2, 0) is 9.59 Å². The third-order valence-corrected chi connectivity index (χ3v) is 5.45. The highest BCUT2D eigenvalue weighted by Crippen LogP contribution is 2.42. The Kier molecular flexibility index (Phi) is 6.47. The largest absolute Gasteiger partial charge is 0.490 e. The monoisotopic (exact) mass is 453 g/mol. The zero-order chi connectivity index (χ0) is 23.5. The van der Waals surface area contributed by atoms with Gasteiger partial charge in [0.25, 0.3) is 5.91 Å². The zero-order valence-electron chi connectivity index (χ0n) is 16.7. The minimum Gasteiger partial charge on any atom is -0.475 e. The van der Waals surface area contributed by atoms with Gasteiger partial charge in [0.2, 0.25) is 5.91 Å². The van der Waals surface area contributed by atoms with E-state index in [1.165, 1.54) is 24.3 Å². The number of carboxylic acids is 1. The van der Waals surface area contributed by atoms with E-state index in [1.807, 2.05) is 12.1 Å². The molecular formula is C21H19F4N3O4. The normalized spacial score (nSPS) is 20.3. The molecule has 0 radical (unpaired) electrons. The Morgan fingerprint density at radius 1 is 1.06 bits per heavy atom. The van der Waals surface area contributed by atoms with Crippen molar-refractivity contribution in [1.29, 1.82) is 0 Å². The maximum Gasteiger partial charge on any atom is 0.490 e. The highest BCUT2D eigenvalue weighted by atomic mass is 19.4. The molecule has 2 aromatic rings. The summed E-state index contributed by atoms with van der Waals surface area (Å²) in [6.07, 6.45) is -0.324. The summed E-state index contributed by atoms with van der Waals surface area (Å²) in [5.74, 6) is -3.21. The Balaban J connectivity index is 0.000000360. The summed E-state index contributed by atoms with van der Waals surface area (Å²) in [6.45, 7) is 1.60. The lowest BCUT2D eigenvalue weighted by Gasteiger charge is -2.23. The predicted molar refractivity (Wildman–Crippen MR) is 104 cm³/mol. The molecule has 0 bridgehead atoms. The summed E-state index contributed by atoms with van der Waals surface area (Å²) < 4.78 is 44.8. The molecule has 1 N–H and O–H groups in total. The van der Waals surface area contributed by atoms with Gasteiger partial charge in [0.15, 0.2) is 0 Å². The summed E-state index contributed by atoms with van der Waals surface area (Å²) in [6, 6.07) is 9.23. The molecule has 0 saturated carbocycles. The molecule has 170 valence electrons. The molecular weight excluding hydrogens is 434 g/mol. The quantitative estimate of drug-likeness (QED) is 0.706. The van der Waals surface area contributed by atoms with Crippen LogP contribution in [0.2, 0.25) is 0 Å². The van der Waals surface area contributed by atoms with E-state index in [4.69, 9.17) is 9.90 Å². The minimum atomic E-state index is -5.08. The first-order chi connectivity index (χ1) is 15.0. The Morgan fingerprint density at radius 3 is 2.25 bits per heavy atom. The van der Waals surface area contributed by atoms with Gasteiger partial charge in [0, 0.05) is 31.4 Å². The molecule has 2 amide bonds. The molecule has 2 aliphatic rings. The van der Waals surface area contributed by atoms with Gasteiger partial charge in [-0.25, -0.2) is 9.18 Å². The number of rotatable bonds is 2. The second-order valence-electron chi connectivity index (χ2n) is 7.48. The smallest absolute Gasteiger partial charge is 0.475 e. The number of halogens is 4.